The molecule has 1 heterocycles. The van der Waals surface area contributed by atoms with Crippen LogP contribution in [0.2, 0.25) is 5.02 Å². The van der Waals surface area contributed by atoms with E-state index in [0.29, 0.717) is 10.9 Å². The van der Waals surface area contributed by atoms with Gasteiger partial charge in [0.1, 0.15) is 10.8 Å². The maximum atomic E-state index is 6.22. The lowest BCUT2D eigenvalue weighted by atomic mass is 10.2. The van der Waals surface area contributed by atoms with E-state index in [1.807, 2.05) is 24.3 Å². The number of nitrogens with one attached hydrogen (secondary N) is 1. The van der Waals surface area contributed by atoms with E-state index >= 15 is 0 Å². The zero-order valence-electron chi connectivity index (χ0n) is 11.8. The molecule has 0 radical (unpaired) electrons. The van der Waals surface area contributed by atoms with Crippen molar-refractivity contribution in [1.82, 2.24) is 10.3 Å². The highest BCUT2D eigenvalue weighted by Gasteiger charge is 2.06. The van der Waals surface area contributed by atoms with Crippen molar-refractivity contribution in [2.75, 3.05) is 6.54 Å². The van der Waals surface area contributed by atoms with Crippen molar-refractivity contribution < 1.29 is 4.74 Å². The van der Waals surface area contributed by atoms with Gasteiger partial charge in [0.25, 0.3) is 0 Å². The molecule has 0 fully saturated rings. The molecule has 0 saturated heterocycles. The average Bonchev–Trinajstić information content (AvgIpc) is 2.48. The van der Waals surface area contributed by atoms with E-state index in [-0.39, 0.29) is 0 Å². The molecule has 1 N–H and O–H groups in total. The number of nitrogens with zero attached hydrogens (tertiary/aromatic N) is 1. The standard InChI is InChI=1S/C16H19ClN2O/c1-3-12-6-5-7-14(8-12)20-16-15(17)9-13(11-19-16)10-18-4-2/h5-9,11,18H,3-4,10H2,1-2H3. The molecule has 0 bridgehead atoms. The molecule has 106 valence electrons. The highest BCUT2D eigenvalue weighted by molar-refractivity contribution is 6.31. The third-order valence-corrected chi connectivity index (χ3v) is 3.24. The zero-order chi connectivity index (χ0) is 14.4. The summed E-state index contributed by atoms with van der Waals surface area (Å²) in [6, 6.07) is 9.84. The lowest BCUT2D eigenvalue weighted by Gasteiger charge is -2.09. The fourth-order valence-electron chi connectivity index (χ4n) is 1.85. The second-order valence-electron chi connectivity index (χ2n) is 4.51. The molecule has 0 aliphatic rings. The van der Waals surface area contributed by atoms with Crippen molar-refractivity contribution in [1.29, 1.82) is 0 Å². The number of benzene rings is 1. The highest BCUT2D eigenvalue weighted by atomic mass is 35.5. The molecule has 1 aromatic heterocycles. The van der Waals surface area contributed by atoms with Crippen LogP contribution in [-0.2, 0) is 13.0 Å². The number of pyridine rings is 1. The Balaban J connectivity index is 2.12. The van der Waals surface area contributed by atoms with Gasteiger partial charge in [-0.2, -0.15) is 0 Å². The largest absolute Gasteiger partial charge is 0.438 e. The van der Waals surface area contributed by atoms with Gasteiger partial charge in [0.2, 0.25) is 5.88 Å². The minimum Gasteiger partial charge on any atom is -0.438 e. The first-order valence-electron chi connectivity index (χ1n) is 6.84. The molecule has 0 atom stereocenters. The predicted molar refractivity (Wildman–Crippen MR) is 82.5 cm³/mol. The average molecular weight is 291 g/mol. The first kappa shape index (κ1) is 14.8. The topological polar surface area (TPSA) is 34.2 Å². The van der Waals surface area contributed by atoms with Gasteiger partial charge in [0.15, 0.2) is 0 Å². The molecule has 20 heavy (non-hydrogen) atoms. The quantitative estimate of drug-likeness (QED) is 0.866. The summed E-state index contributed by atoms with van der Waals surface area (Å²) in [6.45, 7) is 5.85. The van der Waals surface area contributed by atoms with E-state index in [2.05, 4.69) is 30.2 Å². The van der Waals surface area contributed by atoms with Gasteiger partial charge in [-0.05, 0) is 42.3 Å². The minimum absolute atomic E-state index is 0.445. The summed E-state index contributed by atoms with van der Waals surface area (Å²) in [4.78, 5) is 4.29. The monoisotopic (exact) mass is 290 g/mol. The van der Waals surface area contributed by atoms with Crippen molar-refractivity contribution >= 4 is 11.6 Å². The van der Waals surface area contributed by atoms with Gasteiger partial charge in [-0.1, -0.05) is 37.6 Å². The zero-order valence-corrected chi connectivity index (χ0v) is 12.6. The third-order valence-electron chi connectivity index (χ3n) is 2.96. The molecule has 0 unspecified atom stereocenters. The summed E-state index contributed by atoms with van der Waals surface area (Å²) in [7, 11) is 0. The van der Waals surface area contributed by atoms with Crippen LogP contribution in [0.15, 0.2) is 36.5 Å². The smallest absolute Gasteiger partial charge is 0.238 e. The SMILES string of the molecule is CCNCc1cnc(Oc2cccc(CC)c2)c(Cl)c1. The van der Waals surface area contributed by atoms with Gasteiger partial charge in [-0.3, -0.25) is 0 Å². The Morgan fingerprint density at radius 2 is 2.05 bits per heavy atom. The number of halogens is 1. The molecule has 3 nitrogen and oxygen atoms in total. The Morgan fingerprint density at radius 1 is 1.20 bits per heavy atom. The van der Waals surface area contributed by atoms with E-state index in [4.69, 9.17) is 16.3 Å². The van der Waals surface area contributed by atoms with E-state index < -0.39 is 0 Å². The van der Waals surface area contributed by atoms with Crippen LogP contribution in [-0.4, -0.2) is 11.5 Å². The molecule has 0 saturated carbocycles. The second kappa shape index (κ2) is 7.27. The number of rotatable bonds is 6. The van der Waals surface area contributed by atoms with E-state index in [9.17, 15) is 0 Å². The van der Waals surface area contributed by atoms with Crippen LogP contribution in [0.25, 0.3) is 0 Å². The summed E-state index contributed by atoms with van der Waals surface area (Å²) in [5, 5.41) is 3.77. The van der Waals surface area contributed by atoms with Crippen molar-refractivity contribution in [2.45, 2.75) is 26.8 Å². The van der Waals surface area contributed by atoms with Crippen molar-refractivity contribution in [3.63, 3.8) is 0 Å². The lowest BCUT2D eigenvalue weighted by Crippen LogP contribution is -2.11. The molecule has 0 aliphatic heterocycles. The predicted octanol–water partition coefficient (Wildman–Crippen LogP) is 4.20. The maximum Gasteiger partial charge on any atom is 0.238 e. The number of aryl methyl sites for hydroxylation is 1. The van der Waals surface area contributed by atoms with Crippen LogP contribution in [0.5, 0.6) is 11.6 Å². The van der Waals surface area contributed by atoms with Gasteiger partial charge in [-0.15, -0.1) is 0 Å². The van der Waals surface area contributed by atoms with Gasteiger partial charge >= 0.3 is 0 Å². The minimum atomic E-state index is 0.445. The van der Waals surface area contributed by atoms with Crippen LogP contribution in [0.4, 0.5) is 0 Å². The Morgan fingerprint density at radius 3 is 2.75 bits per heavy atom. The Bertz CT molecular complexity index is 572. The van der Waals surface area contributed by atoms with Gasteiger partial charge in [0, 0.05) is 12.7 Å². The molecule has 2 aromatic rings. The Kier molecular flexibility index (Phi) is 5.39. The van der Waals surface area contributed by atoms with E-state index in [1.54, 1.807) is 6.20 Å². The Labute approximate surface area is 124 Å². The molecule has 0 amide bonds. The maximum absolute atomic E-state index is 6.22. The molecule has 0 spiro atoms. The number of hydrogen-bond donors (Lipinski definition) is 1. The lowest BCUT2D eigenvalue weighted by molar-refractivity contribution is 0.462. The van der Waals surface area contributed by atoms with Crippen LogP contribution < -0.4 is 10.1 Å². The molecule has 2 rings (SSSR count). The number of ether oxygens (including phenoxy) is 1. The van der Waals surface area contributed by atoms with Gasteiger partial charge in [-0.25, -0.2) is 4.98 Å². The fraction of sp³-hybridized carbons (Fsp3) is 0.312. The molecular formula is C16H19ClN2O. The van der Waals surface area contributed by atoms with Gasteiger partial charge in [0.05, 0.1) is 0 Å². The van der Waals surface area contributed by atoms with Crippen LogP contribution >= 0.6 is 11.6 Å². The fourth-order valence-corrected chi connectivity index (χ4v) is 2.07. The normalized spacial score (nSPS) is 10.6. The highest BCUT2D eigenvalue weighted by Crippen LogP contribution is 2.28. The molecule has 1 aromatic carbocycles. The van der Waals surface area contributed by atoms with E-state index in [1.165, 1.54) is 5.56 Å². The third kappa shape index (κ3) is 3.95. The first-order valence-corrected chi connectivity index (χ1v) is 7.22. The summed E-state index contributed by atoms with van der Waals surface area (Å²) in [5.41, 5.74) is 2.27. The number of hydrogen-bond acceptors (Lipinski definition) is 3. The summed E-state index contributed by atoms with van der Waals surface area (Å²) >= 11 is 6.22. The van der Waals surface area contributed by atoms with Crippen LogP contribution in [0.3, 0.4) is 0 Å². The Hall–Kier alpha value is -1.58. The van der Waals surface area contributed by atoms with E-state index in [0.717, 1.165) is 30.8 Å². The number of aromatic nitrogens is 1. The summed E-state index contributed by atoms with van der Waals surface area (Å²) in [5.74, 6) is 1.21. The first-order chi connectivity index (χ1) is 9.72. The van der Waals surface area contributed by atoms with Crippen molar-refractivity contribution in [2.24, 2.45) is 0 Å². The van der Waals surface area contributed by atoms with Crippen molar-refractivity contribution in [3.8, 4) is 11.6 Å². The molecule has 4 heteroatoms. The molecule has 0 aliphatic carbocycles. The van der Waals surface area contributed by atoms with Crippen LogP contribution in [0.1, 0.15) is 25.0 Å². The van der Waals surface area contributed by atoms with Crippen molar-refractivity contribution in [3.05, 3.63) is 52.7 Å². The second-order valence-corrected chi connectivity index (χ2v) is 4.92. The van der Waals surface area contributed by atoms with Gasteiger partial charge < -0.3 is 10.1 Å². The summed E-state index contributed by atoms with van der Waals surface area (Å²) < 4.78 is 5.75. The van der Waals surface area contributed by atoms with Crippen LogP contribution in [0, 0.1) is 0 Å². The summed E-state index contributed by atoms with van der Waals surface area (Å²) in [6.07, 6.45) is 2.76. The molecular weight excluding hydrogens is 272 g/mol.